The van der Waals surface area contributed by atoms with Gasteiger partial charge in [0, 0.05) is 24.9 Å². The summed E-state index contributed by atoms with van der Waals surface area (Å²) in [5.41, 5.74) is 1.75. The maximum Gasteiger partial charge on any atom is 0.257 e. The highest BCUT2D eigenvalue weighted by molar-refractivity contribution is 6.31. The van der Waals surface area contributed by atoms with Gasteiger partial charge in [-0.2, -0.15) is 0 Å². The molecule has 0 bridgehead atoms. The molecule has 1 aromatic carbocycles. The summed E-state index contributed by atoms with van der Waals surface area (Å²) < 4.78 is 19.5. The Morgan fingerprint density at radius 2 is 1.97 bits per heavy atom. The third kappa shape index (κ3) is 5.51. The van der Waals surface area contributed by atoms with Crippen LogP contribution < -0.4 is 4.74 Å². The predicted octanol–water partition coefficient (Wildman–Crippen LogP) is 3.43. The predicted molar refractivity (Wildman–Crippen MR) is 124 cm³/mol. The number of nitrogens with zero attached hydrogens (tertiary/aromatic N) is 4. The summed E-state index contributed by atoms with van der Waals surface area (Å²) in [7, 11) is 0. The number of rotatable bonds is 9. The van der Waals surface area contributed by atoms with Crippen LogP contribution in [-0.2, 0) is 0 Å². The number of hydrogen-bond acceptors (Lipinski definition) is 7. The third-order valence-corrected chi connectivity index (χ3v) is 5.85. The molecule has 11 heteroatoms. The standard InChI is InChI=1S/C22H25ClFN7O2/c1-13-20(23)14(2)29-21(28-13)17-9-31(10-18(17)27)22(32)16-5-4-15(24)8-19(16)33-7-3-6-30(11-25)12-26/h4-5,8,11-12,17,25-27H,3,6-7,9-10H2,1-2H3. The van der Waals surface area contributed by atoms with Crippen LogP contribution in [0.5, 0.6) is 5.75 Å². The van der Waals surface area contributed by atoms with Crippen LogP contribution in [0.2, 0.25) is 5.02 Å². The summed E-state index contributed by atoms with van der Waals surface area (Å²) in [6.07, 6.45) is 2.52. The Labute approximate surface area is 196 Å². The number of aryl methyl sites for hydroxylation is 2. The van der Waals surface area contributed by atoms with Crippen molar-refractivity contribution in [2.24, 2.45) is 0 Å². The quantitative estimate of drug-likeness (QED) is 0.292. The summed E-state index contributed by atoms with van der Waals surface area (Å²) in [5.74, 6) is -0.787. The van der Waals surface area contributed by atoms with Crippen molar-refractivity contribution in [1.82, 2.24) is 19.8 Å². The molecule has 1 aromatic heterocycles. The lowest BCUT2D eigenvalue weighted by atomic mass is 10.1. The van der Waals surface area contributed by atoms with E-state index in [1.54, 1.807) is 13.8 Å². The van der Waals surface area contributed by atoms with Gasteiger partial charge in [0.2, 0.25) is 0 Å². The molecular weight excluding hydrogens is 449 g/mol. The number of carbonyl (C=O) groups excluding carboxylic acids is 1. The lowest BCUT2D eigenvalue weighted by molar-refractivity contribution is 0.0790. The fourth-order valence-electron chi connectivity index (χ4n) is 3.55. The van der Waals surface area contributed by atoms with Crippen molar-refractivity contribution in [1.29, 1.82) is 16.2 Å². The van der Waals surface area contributed by atoms with Gasteiger partial charge in [0.05, 0.1) is 53.7 Å². The summed E-state index contributed by atoms with van der Waals surface area (Å²) in [6.45, 7) is 4.44. The van der Waals surface area contributed by atoms with Crippen molar-refractivity contribution < 1.29 is 13.9 Å². The first kappa shape index (κ1) is 24.2. The third-order valence-electron chi connectivity index (χ3n) is 5.31. The highest BCUT2D eigenvalue weighted by Crippen LogP contribution is 2.29. The fourth-order valence-corrected chi connectivity index (χ4v) is 3.63. The van der Waals surface area contributed by atoms with Crippen LogP contribution in [0, 0.1) is 35.9 Å². The number of benzene rings is 1. The average Bonchev–Trinajstić information content (AvgIpc) is 3.18. The van der Waals surface area contributed by atoms with Crippen LogP contribution in [0.1, 0.15) is 39.9 Å². The number of amides is 1. The normalized spacial score (nSPS) is 15.5. The molecule has 0 aliphatic carbocycles. The van der Waals surface area contributed by atoms with Gasteiger partial charge >= 0.3 is 0 Å². The molecule has 0 spiro atoms. The zero-order valence-corrected chi connectivity index (χ0v) is 19.1. The highest BCUT2D eigenvalue weighted by Gasteiger charge is 2.35. The molecule has 174 valence electrons. The molecule has 1 fully saturated rings. The first-order valence-electron chi connectivity index (χ1n) is 10.3. The maximum atomic E-state index is 13.9. The largest absolute Gasteiger partial charge is 0.493 e. The van der Waals surface area contributed by atoms with E-state index >= 15 is 0 Å². The maximum absolute atomic E-state index is 13.9. The van der Waals surface area contributed by atoms with Gasteiger partial charge in [-0.25, -0.2) is 14.4 Å². The molecule has 2 aromatic rings. The van der Waals surface area contributed by atoms with Crippen LogP contribution in [-0.4, -0.2) is 70.3 Å². The second kappa shape index (κ2) is 10.5. The lowest BCUT2D eigenvalue weighted by Gasteiger charge is -2.19. The number of halogens is 2. The van der Waals surface area contributed by atoms with Gasteiger partial charge in [-0.3, -0.25) is 15.6 Å². The van der Waals surface area contributed by atoms with E-state index in [4.69, 9.17) is 32.6 Å². The second-order valence-corrected chi connectivity index (χ2v) is 8.05. The number of carbonyl (C=O) groups is 1. The fraction of sp³-hybridized carbons (Fsp3) is 0.364. The van der Waals surface area contributed by atoms with Crippen molar-refractivity contribution in [2.75, 3.05) is 26.2 Å². The Hall–Kier alpha value is -3.40. The van der Waals surface area contributed by atoms with Crippen LogP contribution in [0.15, 0.2) is 18.2 Å². The number of aromatic nitrogens is 2. The second-order valence-electron chi connectivity index (χ2n) is 7.67. The Balaban J connectivity index is 1.74. The van der Waals surface area contributed by atoms with Crippen molar-refractivity contribution in [3.05, 3.63) is 51.8 Å². The van der Waals surface area contributed by atoms with Crippen LogP contribution >= 0.6 is 11.6 Å². The smallest absolute Gasteiger partial charge is 0.257 e. The topological polar surface area (TPSA) is 130 Å². The molecule has 2 heterocycles. The molecule has 3 rings (SSSR count). The molecule has 1 saturated heterocycles. The first-order chi connectivity index (χ1) is 15.7. The Morgan fingerprint density at radius 3 is 2.61 bits per heavy atom. The molecule has 1 atom stereocenters. The molecule has 1 unspecified atom stereocenters. The van der Waals surface area contributed by atoms with Gasteiger partial charge in [-0.15, -0.1) is 0 Å². The Bertz CT molecular complexity index is 1060. The molecular formula is C22H25ClFN7O2. The van der Waals surface area contributed by atoms with E-state index in [2.05, 4.69) is 9.97 Å². The monoisotopic (exact) mass is 473 g/mol. The Morgan fingerprint density at radius 1 is 1.30 bits per heavy atom. The van der Waals surface area contributed by atoms with E-state index in [0.29, 0.717) is 40.9 Å². The summed E-state index contributed by atoms with van der Waals surface area (Å²) in [5, 5.41) is 23.2. The molecule has 9 nitrogen and oxygen atoms in total. The average molecular weight is 474 g/mol. The van der Waals surface area contributed by atoms with Crippen LogP contribution in [0.4, 0.5) is 4.39 Å². The van der Waals surface area contributed by atoms with Gasteiger partial charge in [0.15, 0.2) is 0 Å². The van der Waals surface area contributed by atoms with E-state index in [9.17, 15) is 9.18 Å². The molecule has 1 aliphatic heterocycles. The molecule has 3 N–H and O–H groups in total. The minimum Gasteiger partial charge on any atom is -0.493 e. The van der Waals surface area contributed by atoms with E-state index in [1.165, 1.54) is 21.9 Å². The minimum atomic E-state index is -0.533. The summed E-state index contributed by atoms with van der Waals surface area (Å²) in [4.78, 5) is 24.9. The van der Waals surface area contributed by atoms with Crippen LogP contribution in [0.3, 0.4) is 0 Å². The molecule has 0 radical (unpaired) electrons. The first-order valence-corrected chi connectivity index (χ1v) is 10.7. The van der Waals surface area contributed by atoms with Crippen LogP contribution in [0.25, 0.3) is 0 Å². The van der Waals surface area contributed by atoms with Gasteiger partial charge in [-0.05, 0) is 32.4 Å². The summed E-state index contributed by atoms with van der Waals surface area (Å²) in [6, 6.07) is 3.73. The van der Waals surface area contributed by atoms with Gasteiger partial charge in [-0.1, -0.05) is 11.6 Å². The minimum absolute atomic E-state index is 0.109. The SMILES string of the molecule is Cc1nc(C2CN(C(=O)c3ccc(F)cc3OCCCN(C=N)C=N)CC2=N)nc(C)c1Cl. The van der Waals surface area contributed by atoms with E-state index in [-0.39, 0.29) is 36.9 Å². The molecule has 1 amide bonds. The van der Waals surface area contributed by atoms with E-state index in [1.807, 2.05) is 0 Å². The van der Waals surface area contributed by atoms with E-state index < -0.39 is 11.7 Å². The zero-order valence-electron chi connectivity index (χ0n) is 18.4. The van der Waals surface area contributed by atoms with Gasteiger partial charge in [0.1, 0.15) is 17.4 Å². The van der Waals surface area contributed by atoms with Crippen molar-refractivity contribution in [3.8, 4) is 5.75 Å². The Kier molecular flexibility index (Phi) is 7.70. The number of ether oxygens (including phenoxy) is 1. The van der Waals surface area contributed by atoms with Crippen molar-refractivity contribution in [2.45, 2.75) is 26.2 Å². The van der Waals surface area contributed by atoms with E-state index in [0.717, 1.165) is 18.7 Å². The highest BCUT2D eigenvalue weighted by atomic mass is 35.5. The number of nitrogens with one attached hydrogen (secondary N) is 3. The summed E-state index contributed by atoms with van der Waals surface area (Å²) >= 11 is 6.16. The molecule has 33 heavy (non-hydrogen) atoms. The zero-order chi connectivity index (χ0) is 24.1. The van der Waals surface area contributed by atoms with Crippen molar-refractivity contribution in [3.63, 3.8) is 0 Å². The molecule has 1 aliphatic rings. The van der Waals surface area contributed by atoms with Gasteiger partial charge in [0.25, 0.3) is 5.91 Å². The lowest BCUT2D eigenvalue weighted by Crippen LogP contribution is -2.29. The van der Waals surface area contributed by atoms with Crippen molar-refractivity contribution >= 4 is 35.9 Å². The van der Waals surface area contributed by atoms with Gasteiger partial charge < -0.3 is 19.9 Å². The molecule has 0 saturated carbocycles. The number of likely N-dealkylation sites (tertiary alicyclic amines) is 1. The number of hydrogen-bond donors (Lipinski definition) is 3.